The normalized spacial score (nSPS) is 19.5. The number of anilines is 2. The molecule has 2 aliphatic carbocycles. The van der Waals surface area contributed by atoms with E-state index in [4.69, 9.17) is 0 Å². The second-order valence-corrected chi connectivity index (χ2v) is 11.0. The predicted octanol–water partition coefficient (Wildman–Crippen LogP) is 6.86. The lowest BCUT2D eigenvalue weighted by Crippen LogP contribution is -2.32. The zero-order valence-corrected chi connectivity index (χ0v) is 18.9. The molecule has 1 aromatic carbocycles. The van der Waals surface area contributed by atoms with Crippen molar-refractivity contribution in [3.8, 4) is 0 Å². The number of benzene rings is 1. The number of nitrogens with zero attached hydrogens (tertiary/aromatic N) is 2. The Morgan fingerprint density at radius 2 is 1.72 bits per heavy atom. The fraction of sp³-hybridized carbons (Fsp3) is 0.542. The van der Waals surface area contributed by atoms with Gasteiger partial charge in [0.05, 0.1) is 5.00 Å². The van der Waals surface area contributed by atoms with Crippen molar-refractivity contribution in [3.05, 3.63) is 50.7 Å². The zero-order chi connectivity index (χ0) is 21.0. The number of carbonyl (C=O) groups excluding carboxylic acids is 1. The summed E-state index contributed by atoms with van der Waals surface area (Å²) in [5.41, 5.74) is 4.76. The highest BCUT2D eigenvalue weighted by Gasteiger charge is 2.41. The van der Waals surface area contributed by atoms with Gasteiger partial charge in [0.15, 0.2) is 0 Å². The van der Waals surface area contributed by atoms with E-state index in [9.17, 15) is 9.70 Å². The molecular weight excluding hydrogens is 380 g/mol. The number of nitroso groups, excluding NO2 is 1. The van der Waals surface area contributed by atoms with Gasteiger partial charge in [0.2, 0.25) is 0 Å². The van der Waals surface area contributed by atoms with Crippen LogP contribution in [0, 0.1) is 17.7 Å². The average molecular weight is 411 g/mol. The quantitative estimate of drug-likeness (QED) is 0.506. The van der Waals surface area contributed by atoms with Gasteiger partial charge in [0, 0.05) is 27.8 Å². The summed E-state index contributed by atoms with van der Waals surface area (Å²) in [6.45, 7) is 12.8. The van der Waals surface area contributed by atoms with Gasteiger partial charge in [-0.15, -0.1) is 16.2 Å². The molecule has 4 rings (SSSR count). The van der Waals surface area contributed by atoms with E-state index >= 15 is 0 Å². The monoisotopic (exact) mass is 410 g/mol. The second kappa shape index (κ2) is 7.05. The minimum absolute atomic E-state index is 0.195. The van der Waals surface area contributed by atoms with Crippen molar-refractivity contribution >= 4 is 27.9 Å². The maximum absolute atomic E-state index is 11.6. The molecule has 1 saturated carbocycles. The van der Waals surface area contributed by atoms with Crippen LogP contribution in [0.5, 0.6) is 0 Å². The van der Waals surface area contributed by atoms with Crippen LogP contribution >= 0.6 is 11.3 Å². The third-order valence-corrected chi connectivity index (χ3v) is 8.36. The average Bonchev–Trinajstić information content (AvgIpc) is 3.43. The smallest absolute Gasteiger partial charge is 0.316 e. The van der Waals surface area contributed by atoms with E-state index in [2.05, 4.69) is 44.7 Å². The molecule has 0 aliphatic heterocycles. The van der Waals surface area contributed by atoms with Crippen molar-refractivity contribution in [2.24, 2.45) is 11.1 Å². The molecule has 2 aliphatic rings. The molecule has 154 valence electrons. The van der Waals surface area contributed by atoms with E-state index in [0.29, 0.717) is 5.56 Å². The van der Waals surface area contributed by atoms with Crippen LogP contribution in [0.2, 0.25) is 0 Å². The van der Waals surface area contributed by atoms with Crippen LogP contribution in [0.4, 0.5) is 10.7 Å². The summed E-state index contributed by atoms with van der Waals surface area (Å²) in [4.78, 5) is 26.1. The van der Waals surface area contributed by atoms with E-state index in [1.54, 1.807) is 12.1 Å². The fourth-order valence-electron chi connectivity index (χ4n) is 4.61. The van der Waals surface area contributed by atoms with E-state index in [-0.39, 0.29) is 10.8 Å². The van der Waals surface area contributed by atoms with Crippen LogP contribution in [0.1, 0.15) is 79.7 Å². The SMILES string of the molecule is Cc1c(N(CC2CC2)c2ccc(C(=O)N=O)cc2)sc2c1C(C)(C)CCC2(C)C. The Balaban J connectivity index is 1.80. The summed E-state index contributed by atoms with van der Waals surface area (Å²) in [5.74, 6) is 0.0176. The number of fused-ring (bicyclic) bond motifs is 1. The Morgan fingerprint density at radius 1 is 1.10 bits per heavy atom. The third kappa shape index (κ3) is 3.65. The lowest BCUT2D eigenvalue weighted by Gasteiger charge is -2.39. The minimum atomic E-state index is -0.712. The molecule has 2 aromatic rings. The zero-order valence-electron chi connectivity index (χ0n) is 18.0. The Labute approximate surface area is 177 Å². The van der Waals surface area contributed by atoms with Crippen molar-refractivity contribution in [1.82, 2.24) is 0 Å². The summed E-state index contributed by atoms with van der Waals surface area (Å²) >= 11 is 1.95. The van der Waals surface area contributed by atoms with Gasteiger partial charge in [-0.25, -0.2) is 0 Å². The molecule has 1 amide bonds. The van der Waals surface area contributed by atoms with Crippen molar-refractivity contribution in [2.75, 3.05) is 11.4 Å². The summed E-state index contributed by atoms with van der Waals surface area (Å²) in [7, 11) is 0. The highest BCUT2D eigenvalue weighted by atomic mass is 32.1. The van der Waals surface area contributed by atoms with Crippen LogP contribution in [0.15, 0.2) is 29.4 Å². The number of thiophene rings is 1. The van der Waals surface area contributed by atoms with Crippen LogP contribution < -0.4 is 4.90 Å². The Morgan fingerprint density at radius 3 is 2.28 bits per heavy atom. The third-order valence-electron chi connectivity index (χ3n) is 6.68. The Bertz CT molecular complexity index is 952. The van der Waals surface area contributed by atoms with E-state index < -0.39 is 5.91 Å². The number of hydrogen-bond donors (Lipinski definition) is 0. The predicted molar refractivity (Wildman–Crippen MR) is 121 cm³/mol. The second-order valence-electron chi connectivity index (χ2n) is 10.0. The van der Waals surface area contributed by atoms with E-state index in [1.165, 1.54) is 46.7 Å². The number of rotatable bonds is 5. The van der Waals surface area contributed by atoms with Crippen molar-refractivity contribution in [3.63, 3.8) is 0 Å². The first-order valence-electron chi connectivity index (χ1n) is 10.5. The molecule has 0 saturated heterocycles. The van der Waals surface area contributed by atoms with Crippen molar-refractivity contribution in [2.45, 2.75) is 71.1 Å². The highest BCUT2D eigenvalue weighted by Crippen LogP contribution is 2.54. The van der Waals surface area contributed by atoms with Gasteiger partial charge >= 0.3 is 5.91 Å². The standard InChI is InChI=1S/C24H30N2O2S/c1-15-19-20(24(4,5)13-12-23(19,2)3)29-22(15)26(14-16-6-7-16)18-10-8-17(9-11-18)21(27)25-28/h8-11,16H,6-7,12-14H2,1-5H3. The first kappa shape index (κ1) is 20.3. The molecule has 1 heterocycles. The molecule has 1 aromatic heterocycles. The molecule has 0 radical (unpaired) electrons. The molecule has 0 unspecified atom stereocenters. The number of hydrogen-bond acceptors (Lipinski definition) is 4. The fourth-order valence-corrected chi connectivity index (χ4v) is 6.26. The lowest BCUT2D eigenvalue weighted by atomic mass is 9.66. The molecule has 29 heavy (non-hydrogen) atoms. The lowest BCUT2D eigenvalue weighted by molar-refractivity contribution is 0.100. The van der Waals surface area contributed by atoms with Crippen molar-refractivity contribution < 1.29 is 4.79 Å². The van der Waals surface area contributed by atoms with Gasteiger partial charge in [-0.3, -0.25) is 4.79 Å². The molecular formula is C24H30N2O2S. The molecule has 1 fully saturated rings. The maximum atomic E-state index is 11.6. The highest BCUT2D eigenvalue weighted by molar-refractivity contribution is 7.16. The summed E-state index contributed by atoms with van der Waals surface area (Å²) < 4.78 is 0. The van der Waals surface area contributed by atoms with Crippen LogP contribution in [0.3, 0.4) is 0 Å². The van der Waals surface area contributed by atoms with Crippen LogP contribution in [0.25, 0.3) is 0 Å². The van der Waals surface area contributed by atoms with E-state index in [0.717, 1.165) is 18.2 Å². The van der Waals surface area contributed by atoms with Gasteiger partial charge in [-0.05, 0) is 84.7 Å². The molecule has 0 N–H and O–H groups in total. The molecule has 0 bridgehead atoms. The molecule has 5 heteroatoms. The van der Waals surface area contributed by atoms with Crippen LogP contribution in [-0.4, -0.2) is 12.5 Å². The molecule has 4 nitrogen and oxygen atoms in total. The minimum Gasteiger partial charge on any atom is -0.333 e. The van der Waals surface area contributed by atoms with E-state index in [1.807, 2.05) is 23.5 Å². The van der Waals surface area contributed by atoms with Gasteiger partial charge in [0.25, 0.3) is 0 Å². The summed E-state index contributed by atoms with van der Waals surface area (Å²) in [6.07, 6.45) is 4.99. The van der Waals surface area contributed by atoms with Crippen LogP contribution in [-0.2, 0) is 10.8 Å². The maximum Gasteiger partial charge on any atom is 0.316 e. The number of amides is 1. The Hall–Kier alpha value is -2.01. The van der Waals surface area contributed by atoms with Gasteiger partial charge in [-0.2, -0.15) is 0 Å². The Kier molecular flexibility index (Phi) is 4.93. The molecule has 0 atom stereocenters. The topological polar surface area (TPSA) is 49.7 Å². The first-order valence-corrected chi connectivity index (χ1v) is 11.4. The van der Waals surface area contributed by atoms with Gasteiger partial charge in [0.1, 0.15) is 0 Å². The number of carbonyl (C=O) groups is 1. The largest absolute Gasteiger partial charge is 0.333 e. The first-order chi connectivity index (χ1) is 13.6. The van der Waals surface area contributed by atoms with Gasteiger partial charge < -0.3 is 4.90 Å². The summed E-state index contributed by atoms with van der Waals surface area (Å²) in [6, 6.07) is 7.34. The van der Waals surface area contributed by atoms with Crippen molar-refractivity contribution in [1.29, 1.82) is 0 Å². The van der Waals surface area contributed by atoms with Gasteiger partial charge in [-0.1, -0.05) is 27.7 Å². The molecule has 0 spiro atoms. The summed E-state index contributed by atoms with van der Waals surface area (Å²) in [5, 5.41) is 3.87.